The molecule has 1 N–H and O–H groups in total. The first-order valence-electron chi connectivity index (χ1n) is 4.52. The molecule has 0 unspecified atom stereocenters. The lowest BCUT2D eigenvalue weighted by Gasteiger charge is -2.07. The Morgan fingerprint density at radius 1 is 1.47 bits per heavy atom. The van der Waals surface area contributed by atoms with Gasteiger partial charge in [-0.1, -0.05) is 23.7 Å². The SMILES string of the molecule is CCONC(=O)COc1ccccc1Cl. The zero-order chi connectivity index (χ0) is 11.1. The van der Waals surface area contributed by atoms with Gasteiger partial charge in [0, 0.05) is 0 Å². The number of carbonyl (C=O) groups is 1. The molecule has 0 fully saturated rings. The third kappa shape index (κ3) is 4.18. The van der Waals surface area contributed by atoms with Crippen LogP contribution in [-0.4, -0.2) is 19.1 Å². The van der Waals surface area contributed by atoms with Crippen molar-refractivity contribution < 1.29 is 14.4 Å². The van der Waals surface area contributed by atoms with Gasteiger partial charge in [0.1, 0.15) is 5.75 Å². The Morgan fingerprint density at radius 3 is 2.87 bits per heavy atom. The Bertz CT molecular complexity index is 330. The molecular weight excluding hydrogens is 218 g/mol. The number of ether oxygens (including phenoxy) is 1. The lowest BCUT2D eigenvalue weighted by Crippen LogP contribution is -2.29. The Labute approximate surface area is 93.1 Å². The molecule has 1 rings (SSSR count). The van der Waals surface area contributed by atoms with Crippen molar-refractivity contribution in [1.29, 1.82) is 0 Å². The molecule has 82 valence electrons. The number of rotatable bonds is 5. The van der Waals surface area contributed by atoms with E-state index in [0.717, 1.165) is 0 Å². The van der Waals surface area contributed by atoms with Crippen LogP contribution in [-0.2, 0) is 9.63 Å². The van der Waals surface area contributed by atoms with E-state index in [2.05, 4.69) is 5.48 Å². The van der Waals surface area contributed by atoms with Gasteiger partial charge in [0.2, 0.25) is 0 Å². The maximum Gasteiger partial charge on any atom is 0.281 e. The maximum atomic E-state index is 11.1. The van der Waals surface area contributed by atoms with Crippen LogP contribution in [0.5, 0.6) is 5.75 Å². The highest BCUT2D eigenvalue weighted by Crippen LogP contribution is 2.22. The first-order chi connectivity index (χ1) is 7.24. The largest absolute Gasteiger partial charge is 0.482 e. The van der Waals surface area contributed by atoms with E-state index in [1.54, 1.807) is 31.2 Å². The van der Waals surface area contributed by atoms with Crippen LogP contribution in [0.3, 0.4) is 0 Å². The molecule has 0 spiro atoms. The fourth-order valence-corrected chi connectivity index (χ4v) is 1.08. The molecule has 0 atom stereocenters. The number of hydroxylamine groups is 1. The van der Waals surface area contributed by atoms with Gasteiger partial charge in [0.15, 0.2) is 6.61 Å². The van der Waals surface area contributed by atoms with Crippen molar-refractivity contribution in [3.05, 3.63) is 29.3 Å². The van der Waals surface area contributed by atoms with Crippen molar-refractivity contribution in [1.82, 2.24) is 5.48 Å². The number of carbonyl (C=O) groups excluding carboxylic acids is 1. The van der Waals surface area contributed by atoms with E-state index in [9.17, 15) is 4.79 Å². The fraction of sp³-hybridized carbons (Fsp3) is 0.300. The maximum absolute atomic E-state index is 11.1. The second-order valence-electron chi connectivity index (χ2n) is 2.68. The minimum atomic E-state index is -0.350. The Morgan fingerprint density at radius 2 is 2.20 bits per heavy atom. The molecule has 0 aliphatic carbocycles. The van der Waals surface area contributed by atoms with Gasteiger partial charge < -0.3 is 4.74 Å². The van der Waals surface area contributed by atoms with E-state index in [1.807, 2.05) is 0 Å². The van der Waals surface area contributed by atoms with Gasteiger partial charge in [-0.3, -0.25) is 9.63 Å². The molecule has 0 aromatic heterocycles. The second kappa shape index (κ2) is 6.27. The summed E-state index contributed by atoms with van der Waals surface area (Å²) in [4.78, 5) is 15.8. The number of hydrogen-bond donors (Lipinski definition) is 1. The number of halogens is 1. The average molecular weight is 230 g/mol. The van der Waals surface area contributed by atoms with Crippen LogP contribution >= 0.6 is 11.6 Å². The van der Waals surface area contributed by atoms with Crippen molar-refractivity contribution in [2.75, 3.05) is 13.2 Å². The fourth-order valence-electron chi connectivity index (χ4n) is 0.887. The van der Waals surface area contributed by atoms with Crippen LogP contribution in [0.4, 0.5) is 0 Å². The first kappa shape index (κ1) is 11.8. The van der Waals surface area contributed by atoms with Gasteiger partial charge >= 0.3 is 0 Å². The summed E-state index contributed by atoms with van der Waals surface area (Å²) >= 11 is 5.82. The summed E-state index contributed by atoms with van der Waals surface area (Å²) in [7, 11) is 0. The van der Waals surface area contributed by atoms with Crippen molar-refractivity contribution in [2.24, 2.45) is 0 Å². The van der Waals surface area contributed by atoms with Gasteiger partial charge in [-0.25, -0.2) is 5.48 Å². The van der Waals surface area contributed by atoms with Gasteiger partial charge in [-0.15, -0.1) is 0 Å². The van der Waals surface area contributed by atoms with Crippen molar-refractivity contribution >= 4 is 17.5 Å². The molecule has 0 heterocycles. The third-order valence-electron chi connectivity index (χ3n) is 1.53. The molecule has 1 aromatic carbocycles. The highest BCUT2D eigenvalue weighted by molar-refractivity contribution is 6.32. The van der Waals surface area contributed by atoms with E-state index in [4.69, 9.17) is 21.2 Å². The molecule has 0 radical (unpaired) electrons. The lowest BCUT2D eigenvalue weighted by molar-refractivity contribution is -0.135. The molecule has 0 saturated heterocycles. The smallest absolute Gasteiger partial charge is 0.281 e. The van der Waals surface area contributed by atoms with E-state index in [1.165, 1.54) is 0 Å². The van der Waals surface area contributed by atoms with E-state index in [-0.39, 0.29) is 12.5 Å². The predicted molar refractivity (Wildman–Crippen MR) is 56.7 cm³/mol. The first-order valence-corrected chi connectivity index (χ1v) is 4.89. The van der Waals surface area contributed by atoms with Crippen molar-refractivity contribution in [2.45, 2.75) is 6.92 Å². The Kier molecular flexibility index (Phi) is 4.93. The molecule has 0 aliphatic heterocycles. The summed E-state index contributed by atoms with van der Waals surface area (Å²) in [5, 5.41) is 0.474. The second-order valence-corrected chi connectivity index (χ2v) is 3.08. The van der Waals surface area contributed by atoms with E-state index < -0.39 is 0 Å². The average Bonchev–Trinajstić information content (AvgIpc) is 2.25. The molecule has 0 saturated carbocycles. The Balaban J connectivity index is 2.37. The van der Waals surface area contributed by atoms with Crippen LogP contribution in [0.15, 0.2) is 24.3 Å². The summed E-state index contributed by atoms with van der Waals surface area (Å²) in [5.74, 6) is 0.127. The highest BCUT2D eigenvalue weighted by atomic mass is 35.5. The van der Waals surface area contributed by atoms with Crippen LogP contribution in [0.1, 0.15) is 6.92 Å². The van der Waals surface area contributed by atoms with Crippen LogP contribution in [0, 0.1) is 0 Å². The Hall–Kier alpha value is -1.26. The van der Waals surface area contributed by atoms with Gasteiger partial charge in [0.05, 0.1) is 11.6 Å². The number of benzene rings is 1. The summed E-state index contributed by atoms with van der Waals surface area (Å²) in [5.41, 5.74) is 2.22. The number of para-hydroxylation sites is 1. The molecule has 4 nitrogen and oxygen atoms in total. The zero-order valence-electron chi connectivity index (χ0n) is 8.33. The normalized spacial score (nSPS) is 9.73. The van der Waals surface area contributed by atoms with Gasteiger partial charge in [0.25, 0.3) is 5.91 Å². The standard InChI is InChI=1S/C10H12ClNO3/c1-2-15-12-10(13)7-14-9-6-4-3-5-8(9)11/h3-6H,2,7H2,1H3,(H,12,13). The molecular formula is C10H12ClNO3. The zero-order valence-corrected chi connectivity index (χ0v) is 9.08. The summed E-state index contributed by atoms with van der Waals surface area (Å²) in [6, 6.07) is 6.95. The number of amides is 1. The number of nitrogens with one attached hydrogen (secondary N) is 1. The highest BCUT2D eigenvalue weighted by Gasteiger charge is 2.04. The molecule has 1 aromatic rings. The predicted octanol–water partition coefficient (Wildman–Crippen LogP) is 1.79. The van der Waals surface area contributed by atoms with Crippen molar-refractivity contribution in [3.8, 4) is 5.75 Å². The molecule has 15 heavy (non-hydrogen) atoms. The van der Waals surface area contributed by atoms with E-state index in [0.29, 0.717) is 17.4 Å². The monoisotopic (exact) mass is 229 g/mol. The van der Waals surface area contributed by atoms with Crippen LogP contribution in [0.2, 0.25) is 5.02 Å². The van der Waals surface area contributed by atoms with Crippen molar-refractivity contribution in [3.63, 3.8) is 0 Å². The summed E-state index contributed by atoms with van der Waals surface area (Å²) in [6.07, 6.45) is 0. The van der Waals surface area contributed by atoms with Gasteiger partial charge in [-0.05, 0) is 19.1 Å². The minimum Gasteiger partial charge on any atom is -0.482 e. The number of hydrogen-bond acceptors (Lipinski definition) is 3. The quantitative estimate of drug-likeness (QED) is 0.783. The molecule has 1 amide bonds. The van der Waals surface area contributed by atoms with Crippen LogP contribution < -0.4 is 10.2 Å². The summed E-state index contributed by atoms with van der Waals surface area (Å²) in [6.45, 7) is 2.07. The van der Waals surface area contributed by atoms with Crippen LogP contribution in [0.25, 0.3) is 0 Å². The molecule has 0 bridgehead atoms. The molecule has 0 aliphatic rings. The third-order valence-corrected chi connectivity index (χ3v) is 1.84. The molecule has 5 heteroatoms. The van der Waals surface area contributed by atoms with Gasteiger partial charge in [-0.2, -0.15) is 0 Å². The topological polar surface area (TPSA) is 47.6 Å². The van der Waals surface area contributed by atoms with E-state index >= 15 is 0 Å². The minimum absolute atomic E-state index is 0.121. The summed E-state index contributed by atoms with van der Waals surface area (Å²) < 4.78 is 5.17. The lowest BCUT2D eigenvalue weighted by atomic mass is 10.3.